The zero-order chi connectivity index (χ0) is 13.9. The molecule has 1 rings (SSSR count). The molecular formula is C9H9Cl2F2NO3S. The molecule has 9 heteroatoms. The molecule has 0 saturated carbocycles. The van der Waals surface area contributed by atoms with Gasteiger partial charge in [0.05, 0.1) is 10.0 Å². The van der Waals surface area contributed by atoms with Gasteiger partial charge in [-0.3, -0.25) is 0 Å². The van der Waals surface area contributed by atoms with Gasteiger partial charge in [0.2, 0.25) is 10.0 Å². The van der Waals surface area contributed by atoms with E-state index in [9.17, 15) is 17.2 Å². The van der Waals surface area contributed by atoms with E-state index in [1.165, 1.54) is 18.2 Å². The minimum Gasteiger partial charge on any atom is -0.386 e. The van der Waals surface area contributed by atoms with Crippen LogP contribution in [-0.2, 0) is 10.0 Å². The molecule has 0 heterocycles. The molecular weight excluding hydrogens is 311 g/mol. The van der Waals surface area contributed by atoms with Crippen molar-refractivity contribution in [2.45, 2.75) is 17.4 Å². The molecule has 0 fully saturated rings. The number of aliphatic hydroxyl groups excluding tert-OH is 1. The van der Waals surface area contributed by atoms with Gasteiger partial charge in [-0.25, -0.2) is 21.9 Å². The van der Waals surface area contributed by atoms with Crippen LogP contribution in [0.4, 0.5) is 8.78 Å². The predicted molar refractivity (Wildman–Crippen MR) is 63.7 cm³/mol. The summed E-state index contributed by atoms with van der Waals surface area (Å²) in [5, 5.41) is 8.56. The van der Waals surface area contributed by atoms with E-state index in [1.807, 2.05) is 4.72 Å². The average Bonchev–Trinajstić information content (AvgIpc) is 2.25. The van der Waals surface area contributed by atoms with E-state index in [0.717, 1.165) is 0 Å². The Morgan fingerprint density at radius 2 is 1.78 bits per heavy atom. The van der Waals surface area contributed by atoms with Gasteiger partial charge in [0.15, 0.2) is 0 Å². The second-order valence-corrected chi connectivity index (χ2v) is 5.82. The highest BCUT2D eigenvalue weighted by Gasteiger charge is 2.24. The van der Waals surface area contributed by atoms with Crippen molar-refractivity contribution < 1.29 is 22.3 Å². The highest BCUT2D eigenvalue weighted by atomic mass is 35.5. The smallest absolute Gasteiger partial charge is 0.265 e. The van der Waals surface area contributed by atoms with Gasteiger partial charge in [-0.2, -0.15) is 0 Å². The maximum Gasteiger partial charge on any atom is 0.265 e. The number of hydrogen-bond acceptors (Lipinski definition) is 3. The van der Waals surface area contributed by atoms with E-state index in [4.69, 9.17) is 28.3 Å². The Hall–Kier alpha value is -0.470. The number of sulfonamides is 1. The van der Waals surface area contributed by atoms with Gasteiger partial charge in [-0.15, -0.1) is 0 Å². The normalized spacial score (nSPS) is 13.9. The van der Waals surface area contributed by atoms with Crippen LogP contribution in [0.5, 0.6) is 0 Å². The van der Waals surface area contributed by atoms with E-state index in [-0.39, 0.29) is 10.0 Å². The topological polar surface area (TPSA) is 66.4 Å². The molecule has 0 aromatic heterocycles. The summed E-state index contributed by atoms with van der Waals surface area (Å²) in [6.45, 7) is -0.832. The van der Waals surface area contributed by atoms with Crippen molar-refractivity contribution >= 4 is 33.2 Å². The van der Waals surface area contributed by atoms with Crippen LogP contribution in [0, 0.1) is 0 Å². The van der Waals surface area contributed by atoms with Crippen molar-refractivity contribution in [1.29, 1.82) is 0 Å². The van der Waals surface area contributed by atoms with Gasteiger partial charge in [0.25, 0.3) is 6.43 Å². The van der Waals surface area contributed by atoms with Crippen LogP contribution in [0.15, 0.2) is 23.1 Å². The number of alkyl halides is 2. The molecule has 0 saturated heterocycles. The summed E-state index contributed by atoms with van der Waals surface area (Å²) in [5.74, 6) is 0. The van der Waals surface area contributed by atoms with Gasteiger partial charge in [-0.05, 0) is 12.1 Å². The molecule has 102 valence electrons. The molecule has 1 aromatic carbocycles. The van der Waals surface area contributed by atoms with E-state index >= 15 is 0 Å². The van der Waals surface area contributed by atoms with Gasteiger partial charge in [0.1, 0.15) is 11.0 Å². The number of nitrogens with one attached hydrogen (secondary N) is 1. The standard InChI is InChI=1S/C9H9Cl2F2NO3S/c10-5-2-1-3-6(11)8(5)18(16,17)14-4-7(15)9(12)13/h1-3,7,9,14-15H,4H2. The summed E-state index contributed by atoms with van der Waals surface area (Å²) in [6, 6.07) is 4.04. The van der Waals surface area contributed by atoms with E-state index in [0.29, 0.717) is 0 Å². The molecule has 0 spiro atoms. The molecule has 1 aromatic rings. The summed E-state index contributed by atoms with van der Waals surface area (Å²) >= 11 is 11.4. The third-order valence-electron chi connectivity index (χ3n) is 1.96. The maximum absolute atomic E-state index is 12.0. The minimum absolute atomic E-state index is 0.137. The molecule has 0 radical (unpaired) electrons. The van der Waals surface area contributed by atoms with Crippen LogP contribution in [0.2, 0.25) is 10.0 Å². The van der Waals surface area contributed by atoms with Crippen molar-refractivity contribution in [3.05, 3.63) is 28.2 Å². The zero-order valence-corrected chi connectivity index (χ0v) is 11.1. The van der Waals surface area contributed by atoms with Crippen LogP contribution in [-0.4, -0.2) is 32.6 Å². The van der Waals surface area contributed by atoms with Crippen molar-refractivity contribution in [2.75, 3.05) is 6.54 Å². The fourth-order valence-corrected chi connectivity index (χ4v) is 3.29. The monoisotopic (exact) mass is 319 g/mol. The van der Waals surface area contributed by atoms with Gasteiger partial charge in [0, 0.05) is 6.54 Å². The number of aliphatic hydroxyl groups is 1. The van der Waals surface area contributed by atoms with Crippen LogP contribution >= 0.6 is 23.2 Å². The molecule has 2 N–H and O–H groups in total. The Morgan fingerprint density at radius 1 is 1.28 bits per heavy atom. The molecule has 1 unspecified atom stereocenters. The summed E-state index contributed by atoms with van der Waals surface area (Å²) < 4.78 is 49.4. The van der Waals surface area contributed by atoms with Gasteiger partial charge >= 0.3 is 0 Å². The van der Waals surface area contributed by atoms with Crippen LogP contribution in [0.1, 0.15) is 0 Å². The van der Waals surface area contributed by atoms with Crippen molar-refractivity contribution in [1.82, 2.24) is 4.72 Å². The Balaban J connectivity index is 2.94. The lowest BCUT2D eigenvalue weighted by molar-refractivity contribution is -0.000451. The molecule has 0 bridgehead atoms. The summed E-state index contributed by atoms with van der Waals surface area (Å²) in [5.41, 5.74) is 0. The molecule has 18 heavy (non-hydrogen) atoms. The van der Waals surface area contributed by atoms with E-state index in [1.54, 1.807) is 0 Å². The number of benzene rings is 1. The van der Waals surface area contributed by atoms with Crippen LogP contribution < -0.4 is 4.72 Å². The number of halogens is 4. The van der Waals surface area contributed by atoms with Crippen molar-refractivity contribution in [3.63, 3.8) is 0 Å². The summed E-state index contributed by atoms with van der Waals surface area (Å²) in [6.07, 6.45) is -5.14. The maximum atomic E-state index is 12.0. The molecule has 0 aliphatic rings. The average molecular weight is 320 g/mol. The molecule has 0 amide bonds. The Morgan fingerprint density at radius 3 is 2.22 bits per heavy atom. The Labute approximate surface area is 113 Å². The van der Waals surface area contributed by atoms with Crippen molar-refractivity contribution in [3.8, 4) is 0 Å². The summed E-state index contributed by atoms with van der Waals surface area (Å²) in [4.78, 5) is -0.408. The van der Waals surface area contributed by atoms with Crippen LogP contribution in [0.3, 0.4) is 0 Å². The first-order chi connectivity index (χ1) is 8.25. The fraction of sp³-hybridized carbons (Fsp3) is 0.333. The van der Waals surface area contributed by atoms with E-state index in [2.05, 4.69) is 0 Å². The lowest BCUT2D eigenvalue weighted by atomic mass is 10.4. The molecule has 1 atom stereocenters. The lowest BCUT2D eigenvalue weighted by Gasteiger charge is -2.12. The second kappa shape index (κ2) is 6.12. The van der Waals surface area contributed by atoms with Crippen molar-refractivity contribution in [2.24, 2.45) is 0 Å². The third kappa shape index (κ3) is 3.76. The fourth-order valence-electron chi connectivity index (χ4n) is 1.10. The predicted octanol–water partition coefficient (Wildman–Crippen LogP) is 1.90. The number of hydrogen-bond donors (Lipinski definition) is 2. The number of rotatable bonds is 5. The first-order valence-electron chi connectivity index (χ1n) is 4.65. The first-order valence-corrected chi connectivity index (χ1v) is 6.89. The SMILES string of the molecule is O=S(=O)(NCC(O)C(F)F)c1c(Cl)cccc1Cl. The third-order valence-corrected chi connectivity index (χ3v) is 4.34. The Bertz CT molecular complexity index is 504. The molecule has 0 aliphatic heterocycles. The van der Waals surface area contributed by atoms with Gasteiger partial charge in [-0.1, -0.05) is 29.3 Å². The summed E-state index contributed by atoms with van der Waals surface area (Å²) in [7, 11) is -4.16. The first kappa shape index (κ1) is 15.6. The van der Waals surface area contributed by atoms with E-state index < -0.39 is 34.0 Å². The largest absolute Gasteiger partial charge is 0.386 e. The Kier molecular flexibility index (Phi) is 5.30. The quantitative estimate of drug-likeness (QED) is 0.871. The highest BCUT2D eigenvalue weighted by molar-refractivity contribution is 7.89. The zero-order valence-electron chi connectivity index (χ0n) is 8.78. The minimum atomic E-state index is -4.16. The second-order valence-electron chi connectivity index (χ2n) is 3.30. The highest BCUT2D eigenvalue weighted by Crippen LogP contribution is 2.28. The van der Waals surface area contributed by atoms with Gasteiger partial charge < -0.3 is 5.11 Å². The molecule has 0 aliphatic carbocycles. The van der Waals surface area contributed by atoms with Crippen LogP contribution in [0.25, 0.3) is 0 Å². The molecule has 4 nitrogen and oxygen atoms in total. The lowest BCUT2D eigenvalue weighted by Crippen LogP contribution is -2.36.